The van der Waals surface area contributed by atoms with E-state index >= 15 is 0 Å². The molecule has 0 aliphatic rings. The van der Waals surface area contributed by atoms with Crippen LogP contribution < -0.4 is 0 Å². The predicted octanol–water partition coefficient (Wildman–Crippen LogP) is 1.82. The van der Waals surface area contributed by atoms with Crippen LogP contribution in [0.15, 0.2) is 0 Å². The minimum atomic E-state index is -3.08. The Hall–Kier alpha value is -0.380. The van der Waals surface area contributed by atoms with Gasteiger partial charge >= 0.3 is 13.6 Å². The van der Waals surface area contributed by atoms with E-state index < -0.39 is 13.6 Å². The van der Waals surface area contributed by atoms with Gasteiger partial charge in [0.2, 0.25) is 0 Å². The minimum Gasteiger partial charge on any atom is -0.464 e. The molecule has 0 N–H and O–H groups in total. The van der Waals surface area contributed by atoms with Crippen LogP contribution in [-0.2, 0) is 23.1 Å². The van der Waals surface area contributed by atoms with E-state index in [0.29, 0.717) is 6.61 Å². The van der Waals surface area contributed by atoms with Crippen LogP contribution in [0, 0.1) is 0 Å². The van der Waals surface area contributed by atoms with Crippen molar-refractivity contribution in [2.45, 2.75) is 20.8 Å². The number of esters is 1. The Bertz CT molecular complexity index is 216. The summed E-state index contributed by atoms with van der Waals surface area (Å²) in [5.74, 6) is -0.527. The molecule has 1 unspecified atom stereocenters. The van der Waals surface area contributed by atoms with E-state index in [1.807, 2.05) is 0 Å². The Kier molecular flexibility index (Phi) is 6.79. The van der Waals surface area contributed by atoms with Gasteiger partial charge in [-0.15, -0.1) is 0 Å². The van der Waals surface area contributed by atoms with Gasteiger partial charge in [0.05, 0.1) is 13.2 Å². The molecular weight excluding hydrogens is 207 g/mol. The van der Waals surface area contributed by atoms with Crippen LogP contribution in [0.5, 0.6) is 0 Å². The van der Waals surface area contributed by atoms with Gasteiger partial charge in [-0.1, -0.05) is 6.92 Å². The summed E-state index contributed by atoms with van der Waals surface area (Å²) < 4.78 is 26.1. The summed E-state index contributed by atoms with van der Waals surface area (Å²) >= 11 is 0. The summed E-state index contributed by atoms with van der Waals surface area (Å²) in [5.41, 5.74) is 0. The molecule has 14 heavy (non-hydrogen) atoms. The Morgan fingerprint density at radius 2 is 1.79 bits per heavy atom. The predicted molar refractivity (Wildman–Crippen MR) is 52.4 cm³/mol. The van der Waals surface area contributed by atoms with Crippen molar-refractivity contribution in [2.24, 2.45) is 0 Å². The molecule has 0 aromatic carbocycles. The van der Waals surface area contributed by atoms with E-state index in [-0.39, 0.29) is 19.4 Å². The number of hydrogen-bond donors (Lipinski definition) is 0. The molecule has 6 heteroatoms. The maximum absolute atomic E-state index is 11.6. The second kappa shape index (κ2) is 6.98. The second-order valence-electron chi connectivity index (χ2n) is 2.42. The van der Waals surface area contributed by atoms with Crippen LogP contribution in [0.3, 0.4) is 0 Å². The molecule has 0 amide bonds. The van der Waals surface area contributed by atoms with E-state index in [1.54, 1.807) is 20.8 Å². The fourth-order valence-corrected chi connectivity index (χ4v) is 1.91. The number of carbonyl (C=O) groups is 1. The molecule has 0 spiro atoms. The van der Waals surface area contributed by atoms with Gasteiger partial charge in [-0.3, -0.25) is 9.09 Å². The first-order valence-corrected chi connectivity index (χ1v) is 6.34. The molecule has 0 radical (unpaired) electrons. The smallest absolute Gasteiger partial charge is 0.332 e. The highest BCUT2D eigenvalue weighted by Gasteiger charge is 2.22. The highest BCUT2D eigenvalue weighted by atomic mass is 31.2. The van der Waals surface area contributed by atoms with Crippen LogP contribution in [-0.4, -0.2) is 32.0 Å². The lowest BCUT2D eigenvalue weighted by molar-refractivity contribution is -0.145. The SMILES string of the molecule is CCOC(=O)COP(=O)(CC)OCC. The molecule has 84 valence electrons. The summed E-state index contributed by atoms with van der Waals surface area (Å²) in [6.45, 7) is 5.36. The summed E-state index contributed by atoms with van der Waals surface area (Å²) in [7, 11) is -3.08. The molecule has 1 atom stereocenters. The van der Waals surface area contributed by atoms with Crippen LogP contribution in [0.1, 0.15) is 20.8 Å². The van der Waals surface area contributed by atoms with Gasteiger partial charge in [0, 0.05) is 6.16 Å². The summed E-state index contributed by atoms with van der Waals surface area (Å²) in [5, 5.41) is 0. The van der Waals surface area contributed by atoms with Gasteiger partial charge in [0.1, 0.15) is 0 Å². The third-order valence-corrected chi connectivity index (χ3v) is 3.35. The van der Waals surface area contributed by atoms with Crippen molar-refractivity contribution in [3.63, 3.8) is 0 Å². The van der Waals surface area contributed by atoms with Crippen molar-refractivity contribution >= 4 is 13.6 Å². The van der Waals surface area contributed by atoms with Crippen LogP contribution in [0.2, 0.25) is 0 Å². The number of carbonyl (C=O) groups excluding carboxylic acids is 1. The molecule has 0 saturated carbocycles. The van der Waals surface area contributed by atoms with Crippen molar-refractivity contribution in [3.05, 3.63) is 0 Å². The third-order valence-electron chi connectivity index (χ3n) is 1.40. The Labute approximate surface area is 84.3 Å². The quantitative estimate of drug-likeness (QED) is 0.487. The van der Waals surface area contributed by atoms with Gasteiger partial charge in [-0.25, -0.2) is 4.79 Å². The highest BCUT2D eigenvalue weighted by molar-refractivity contribution is 7.53. The van der Waals surface area contributed by atoms with E-state index in [1.165, 1.54) is 0 Å². The molecule has 0 fully saturated rings. The fraction of sp³-hybridized carbons (Fsp3) is 0.875. The van der Waals surface area contributed by atoms with Crippen molar-refractivity contribution in [1.29, 1.82) is 0 Å². The lowest BCUT2D eigenvalue weighted by Gasteiger charge is -2.14. The largest absolute Gasteiger partial charge is 0.464 e. The van der Waals surface area contributed by atoms with Gasteiger partial charge < -0.3 is 9.26 Å². The average molecular weight is 224 g/mol. The van der Waals surface area contributed by atoms with Crippen LogP contribution in [0.4, 0.5) is 0 Å². The van der Waals surface area contributed by atoms with Crippen molar-refractivity contribution in [2.75, 3.05) is 26.0 Å². The van der Waals surface area contributed by atoms with E-state index in [0.717, 1.165) is 0 Å². The zero-order valence-electron chi connectivity index (χ0n) is 8.82. The molecule has 0 aliphatic carbocycles. The molecule has 0 bridgehead atoms. The highest BCUT2D eigenvalue weighted by Crippen LogP contribution is 2.47. The Balaban J connectivity index is 3.94. The number of hydrogen-bond acceptors (Lipinski definition) is 5. The zero-order chi connectivity index (χ0) is 11.0. The first kappa shape index (κ1) is 13.6. The van der Waals surface area contributed by atoms with E-state index in [4.69, 9.17) is 9.05 Å². The molecule has 0 rings (SSSR count). The molecule has 0 saturated heterocycles. The summed E-state index contributed by atoms with van der Waals surface area (Å²) in [4.78, 5) is 10.9. The average Bonchev–Trinajstić information content (AvgIpc) is 2.16. The Morgan fingerprint density at radius 3 is 2.21 bits per heavy atom. The Morgan fingerprint density at radius 1 is 1.14 bits per heavy atom. The number of rotatable bonds is 7. The molecule has 0 aliphatic heterocycles. The first-order chi connectivity index (χ1) is 6.58. The maximum atomic E-state index is 11.6. The molecule has 0 heterocycles. The maximum Gasteiger partial charge on any atom is 0.332 e. The molecule has 5 nitrogen and oxygen atoms in total. The zero-order valence-corrected chi connectivity index (χ0v) is 9.71. The van der Waals surface area contributed by atoms with Crippen LogP contribution >= 0.6 is 7.60 Å². The standard InChI is InChI=1S/C8H17O5P/c1-4-11-8(9)7-13-14(10,6-3)12-5-2/h4-7H2,1-3H3. The third kappa shape index (κ3) is 5.37. The normalized spacial score (nSPS) is 14.8. The van der Waals surface area contributed by atoms with Crippen LogP contribution in [0.25, 0.3) is 0 Å². The van der Waals surface area contributed by atoms with E-state index in [2.05, 4.69) is 4.74 Å². The first-order valence-electron chi connectivity index (χ1n) is 4.61. The lowest BCUT2D eigenvalue weighted by atomic mass is 10.7. The molecule has 0 aromatic rings. The van der Waals surface area contributed by atoms with Crippen molar-refractivity contribution < 1.29 is 23.1 Å². The number of ether oxygens (including phenoxy) is 1. The van der Waals surface area contributed by atoms with E-state index in [9.17, 15) is 9.36 Å². The topological polar surface area (TPSA) is 61.8 Å². The minimum absolute atomic E-state index is 0.250. The fourth-order valence-electron chi connectivity index (χ4n) is 0.770. The van der Waals surface area contributed by atoms with Gasteiger partial charge in [-0.05, 0) is 13.8 Å². The summed E-state index contributed by atoms with van der Waals surface area (Å²) in [6.07, 6.45) is 0.250. The monoisotopic (exact) mass is 224 g/mol. The second-order valence-corrected chi connectivity index (χ2v) is 4.79. The van der Waals surface area contributed by atoms with Gasteiger partial charge in [0.15, 0.2) is 6.61 Å². The summed E-state index contributed by atoms with van der Waals surface area (Å²) in [6, 6.07) is 0. The lowest BCUT2D eigenvalue weighted by Crippen LogP contribution is -2.12. The van der Waals surface area contributed by atoms with Gasteiger partial charge in [-0.2, -0.15) is 0 Å². The molecule has 0 aromatic heterocycles. The molecular formula is C8H17O5P. The van der Waals surface area contributed by atoms with Gasteiger partial charge in [0.25, 0.3) is 0 Å². The van der Waals surface area contributed by atoms with Crippen molar-refractivity contribution in [1.82, 2.24) is 0 Å². The van der Waals surface area contributed by atoms with Crippen molar-refractivity contribution in [3.8, 4) is 0 Å².